The van der Waals surface area contributed by atoms with E-state index in [9.17, 15) is 57.8 Å². The summed E-state index contributed by atoms with van der Waals surface area (Å²) in [6, 6.07) is -10.5. The number of nitrogens with zero attached hydrogens (tertiary/aromatic N) is 7. The number of likely N-dealkylation sites (N-methyl/N-ethyl adjacent to an activating group) is 7. The van der Waals surface area contributed by atoms with E-state index in [4.69, 9.17) is 0 Å². The van der Waals surface area contributed by atoms with Gasteiger partial charge in [0.1, 0.15) is 54.6 Å². The van der Waals surface area contributed by atoms with Gasteiger partial charge in [0.15, 0.2) is 0 Å². The normalized spacial score (nSPS) is 16.1. The number of amides is 10. The van der Waals surface area contributed by atoms with E-state index in [0.717, 1.165) is 11.2 Å². The average molecular weight is 1220 g/mol. The largest absolute Gasteiger partial charge is 0.390 e. The molecule has 494 valence electrons. The monoisotopic (exact) mass is 1220 g/mol. The molecule has 0 spiro atoms. The van der Waals surface area contributed by atoms with Crippen molar-refractivity contribution in [3.63, 3.8) is 0 Å². The van der Waals surface area contributed by atoms with Crippen LogP contribution < -0.4 is 21.3 Å². The van der Waals surface area contributed by atoms with Crippen LogP contribution >= 0.6 is 0 Å². The van der Waals surface area contributed by atoms with Gasteiger partial charge < -0.3 is 60.6 Å². The first-order valence-corrected chi connectivity index (χ1v) is 30.9. The molecule has 2 unspecified atom stereocenters. The highest BCUT2D eigenvalue weighted by Gasteiger charge is 2.43. The summed E-state index contributed by atoms with van der Waals surface area (Å²) >= 11 is 0. The molecule has 12 atom stereocenters. The van der Waals surface area contributed by atoms with Gasteiger partial charge in [-0.15, -0.1) is 0 Å². The van der Waals surface area contributed by atoms with Crippen molar-refractivity contribution in [1.82, 2.24) is 55.6 Å². The lowest BCUT2D eigenvalue weighted by Crippen LogP contribution is -2.62. The summed E-state index contributed by atoms with van der Waals surface area (Å²) in [7, 11) is 12.2. The Morgan fingerprint density at radius 3 is 1.37 bits per heavy atom. The zero-order valence-electron chi connectivity index (χ0n) is 57.1. The van der Waals surface area contributed by atoms with Gasteiger partial charge in [0.2, 0.25) is 59.1 Å². The second kappa shape index (κ2) is 37.7. The minimum absolute atomic E-state index is 0.00303. The van der Waals surface area contributed by atoms with E-state index in [1.807, 2.05) is 88.3 Å². The maximum Gasteiger partial charge on any atom is 0.246 e. The van der Waals surface area contributed by atoms with Crippen molar-refractivity contribution in [2.45, 2.75) is 223 Å². The molecule has 0 saturated heterocycles. The number of carbonyl (C=O) groups excluding carboxylic acids is 11. The number of carbonyl (C=O) groups is 11. The van der Waals surface area contributed by atoms with Crippen molar-refractivity contribution >= 4 is 65.4 Å². The first-order valence-electron chi connectivity index (χ1n) is 30.9. The predicted molar refractivity (Wildman–Crippen MR) is 335 cm³/mol. The van der Waals surface area contributed by atoms with Gasteiger partial charge in [-0.05, 0) is 115 Å². The Morgan fingerprint density at radius 1 is 0.465 bits per heavy atom. The summed E-state index contributed by atoms with van der Waals surface area (Å²) in [6.45, 7) is 30.0. The van der Waals surface area contributed by atoms with Crippen LogP contribution in [0.5, 0.6) is 0 Å². The average Bonchev–Trinajstić information content (AvgIpc) is 2.13. The van der Waals surface area contributed by atoms with Gasteiger partial charge in [-0.25, -0.2) is 0 Å². The number of hydrogen-bond acceptors (Lipinski definition) is 13. The first kappa shape index (κ1) is 80.0. The molecule has 0 aromatic carbocycles. The van der Waals surface area contributed by atoms with Crippen LogP contribution in [0.3, 0.4) is 0 Å². The Labute approximate surface area is 516 Å². The fourth-order valence-corrected chi connectivity index (χ4v) is 10.4. The Bertz CT molecular complexity index is 2270. The molecule has 0 aromatic heterocycles. The third kappa shape index (κ3) is 24.3. The Kier molecular flexibility index (Phi) is 35.0. The van der Waals surface area contributed by atoms with Crippen LogP contribution in [0.15, 0.2) is 12.2 Å². The molecule has 0 radical (unpaired) electrons. The second-order valence-electron chi connectivity index (χ2n) is 26.3. The Hall–Kier alpha value is -5.97. The summed E-state index contributed by atoms with van der Waals surface area (Å²) < 4.78 is 0. The number of aldehydes is 1. The molecule has 0 heterocycles. The Morgan fingerprint density at radius 2 is 0.930 bits per heavy atom. The maximum atomic E-state index is 14.6. The predicted octanol–water partition coefficient (Wildman–Crippen LogP) is 3.56. The highest BCUT2D eigenvalue weighted by molar-refractivity contribution is 5.98. The van der Waals surface area contributed by atoms with E-state index in [0.29, 0.717) is 19.3 Å². The molecular weight excluding hydrogens is 1100 g/mol. The van der Waals surface area contributed by atoms with Crippen molar-refractivity contribution in [1.29, 1.82) is 0 Å². The lowest BCUT2D eigenvalue weighted by Gasteiger charge is -2.38. The van der Waals surface area contributed by atoms with Gasteiger partial charge in [0.25, 0.3) is 0 Å². The molecule has 0 bridgehead atoms. The number of aliphatic hydroxyl groups is 1. The minimum atomic E-state index is -1.37. The maximum absolute atomic E-state index is 14.6. The van der Waals surface area contributed by atoms with Crippen LogP contribution in [0, 0.1) is 41.4 Å². The zero-order valence-corrected chi connectivity index (χ0v) is 57.1. The summed E-state index contributed by atoms with van der Waals surface area (Å²) in [5.41, 5.74) is 0. The molecule has 23 heteroatoms. The van der Waals surface area contributed by atoms with E-state index in [1.165, 1.54) is 80.6 Å². The molecule has 0 fully saturated rings. The van der Waals surface area contributed by atoms with Gasteiger partial charge in [0, 0.05) is 42.3 Å². The summed E-state index contributed by atoms with van der Waals surface area (Å²) in [6.07, 6.45) is 4.68. The van der Waals surface area contributed by atoms with Crippen molar-refractivity contribution < 1.29 is 57.8 Å². The second-order valence-corrected chi connectivity index (χ2v) is 26.3. The van der Waals surface area contributed by atoms with Gasteiger partial charge in [-0.2, -0.15) is 0 Å². The standard InChI is InChI=1S/C63H115N11O12/c1-26-28-29-42(15)54(77)53(74(25)63(86)52(41(13)14)68(18)19)58(81)66-46(27-2)60(83)69(20)34-50(76)71(22)47(31-37(5)6)57(80)67-51(40(11)12)62(85)72(23)48(32-38(7)8)56(79)64-43(16)55(78)65-44(17)59(82)73(24)49(33-39(9)10)61(84)70(21)45(35-75)30-36(3)4/h26,28,35-49,51-54,77H,27,29-34H2,1-25H3,(H,64,79)(H,65,78)(H,66,81)(H,67,80)/b28-26+/t42-,43+,44-,45+,46+,47+,48+,49+,51?,52+,53+,54?/m1/s1. The van der Waals surface area contributed by atoms with E-state index in [1.54, 1.807) is 46.7 Å². The van der Waals surface area contributed by atoms with Gasteiger partial charge in [0.05, 0.1) is 24.7 Å². The molecule has 0 saturated carbocycles. The van der Waals surface area contributed by atoms with Crippen LogP contribution in [0.4, 0.5) is 0 Å². The summed E-state index contributed by atoms with van der Waals surface area (Å²) in [5.74, 6) is -7.23. The molecule has 0 aliphatic carbocycles. The number of rotatable bonds is 37. The third-order valence-electron chi connectivity index (χ3n) is 15.8. The van der Waals surface area contributed by atoms with Crippen molar-refractivity contribution in [2.75, 3.05) is 62.9 Å². The fourth-order valence-electron chi connectivity index (χ4n) is 10.4. The first-order chi connectivity index (χ1) is 39.7. The quantitative estimate of drug-likeness (QED) is 0.0440. The van der Waals surface area contributed by atoms with Crippen LogP contribution in [0.1, 0.15) is 156 Å². The zero-order chi connectivity index (χ0) is 67.1. The number of hydrogen-bond donors (Lipinski definition) is 5. The highest BCUT2D eigenvalue weighted by atomic mass is 16.3. The van der Waals surface area contributed by atoms with Gasteiger partial charge >= 0.3 is 0 Å². The molecule has 86 heavy (non-hydrogen) atoms. The number of allylic oxidation sites excluding steroid dienone is 2. The van der Waals surface area contributed by atoms with E-state index in [2.05, 4.69) is 21.3 Å². The molecule has 0 rings (SSSR count). The van der Waals surface area contributed by atoms with Crippen LogP contribution in [-0.2, 0) is 52.7 Å². The topological polar surface area (TPSA) is 279 Å². The lowest BCUT2D eigenvalue weighted by molar-refractivity contribution is -0.150. The lowest BCUT2D eigenvalue weighted by atomic mass is 9.91. The molecule has 23 nitrogen and oxygen atoms in total. The third-order valence-corrected chi connectivity index (χ3v) is 15.8. The summed E-state index contributed by atoms with van der Waals surface area (Å²) in [4.78, 5) is 162. The van der Waals surface area contributed by atoms with E-state index < -0.39 is 138 Å². The Balaban J connectivity index is 6.58. The highest BCUT2D eigenvalue weighted by Crippen LogP contribution is 2.23. The van der Waals surface area contributed by atoms with E-state index in [-0.39, 0.29) is 54.8 Å². The van der Waals surface area contributed by atoms with Crippen LogP contribution in [-0.4, -0.2) is 234 Å². The molecule has 5 N–H and O–H groups in total. The number of aliphatic hydroxyl groups excluding tert-OH is 1. The van der Waals surface area contributed by atoms with Gasteiger partial charge in [-0.1, -0.05) is 109 Å². The van der Waals surface area contributed by atoms with E-state index >= 15 is 0 Å². The SMILES string of the molecule is C/C=C/C[C@@H](C)C(O)[C@@H](C(=O)N[C@@H](CC)C(=O)N(C)CC(=O)N(C)[C@@H](CC(C)C)C(=O)NC(C(=O)N(C)[C@@H](CC(C)C)C(=O)N[C@@H](C)C(=O)N[C@H](C)C(=O)N(C)[C@@H](CC(C)C)C(=O)N(C)[C@H](C=O)CC(C)C)C(C)C)N(C)C(=O)[C@H](C(C)C)N(C)C. The molecule has 0 aromatic rings. The minimum Gasteiger partial charge on any atom is -0.390 e. The summed E-state index contributed by atoms with van der Waals surface area (Å²) in [5, 5.41) is 22.6. The molecule has 10 amide bonds. The van der Waals surface area contributed by atoms with Crippen molar-refractivity contribution in [3.05, 3.63) is 12.2 Å². The van der Waals surface area contributed by atoms with Gasteiger partial charge in [-0.3, -0.25) is 52.8 Å². The van der Waals surface area contributed by atoms with Crippen molar-refractivity contribution in [2.24, 2.45) is 41.4 Å². The van der Waals surface area contributed by atoms with Crippen LogP contribution in [0.2, 0.25) is 0 Å². The van der Waals surface area contributed by atoms with Crippen molar-refractivity contribution in [3.8, 4) is 0 Å². The van der Waals surface area contributed by atoms with Crippen LogP contribution in [0.25, 0.3) is 0 Å². The molecule has 0 aliphatic heterocycles. The number of nitrogens with one attached hydrogen (secondary N) is 4. The molecule has 0 aliphatic rings. The smallest absolute Gasteiger partial charge is 0.246 e. The molecular formula is C63H115N11O12. The fraction of sp³-hybridized carbons (Fsp3) is 0.794.